The fraction of sp³-hybridized carbons (Fsp3) is 0.421. The van der Waals surface area contributed by atoms with E-state index in [-0.39, 0.29) is 18.2 Å². The van der Waals surface area contributed by atoms with Gasteiger partial charge in [0.25, 0.3) is 5.91 Å². The minimum atomic E-state index is -0.812. The summed E-state index contributed by atoms with van der Waals surface area (Å²) in [4.78, 5) is 23.0. The molecule has 2 aromatic rings. The van der Waals surface area contributed by atoms with Crippen LogP contribution in [0.1, 0.15) is 60.6 Å². The minimum absolute atomic E-state index is 0.123. The molecule has 0 aliphatic rings. The summed E-state index contributed by atoms with van der Waals surface area (Å²) in [5.74, 6) is -0.846. The lowest BCUT2D eigenvalue weighted by Crippen LogP contribution is -2.25. The van der Waals surface area contributed by atoms with Crippen LogP contribution in [0.3, 0.4) is 0 Å². The number of hydrogen-bond donors (Lipinski definition) is 2. The van der Waals surface area contributed by atoms with Crippen LogP contribution in [-0.2, 0) is 4.79 Å². The molecule has 0 aliphatic carbocycles. The summed E-state index contributed by atoms with van der Waals surface area (Å²) in [6.45, 7) is 6.55. The Balaban J connectivity index is 2.11. The molecule has 1 aromatic heterocycles. The van der Waals surface area contributed by atoms with Crippen LogP contribution in [0, 0.1) is 6.92 Å². The molecule has 0 saturated heterocycles. The zero-order chi connectivity index (χ0) is 18.4. The number of aliphatic carboxylic acids is 1. The highest BCUT2D eigenvalue weighted by molar-refractivity contribution is 5.95. The van der Waals surface area contributed by atoms with E-state index >= 15 is 0 Å². The van der Waals surface area contributed by atoms with Gasteiger partial charge in [-0.2, -0.15) is 5.10 Å². The molecule has 1 aromatic carbocycles. The Morgan fingerprint density at radius 3 is 2.48 bits per heavy atom. The van der Waals surface area contributed by atoms with Gasteiger partial charge < -0.3 is 10.4 Å². The van der Waals surface area contributed by atoms with Crippen molar-refractivity contribution in [2.24, 2.45) is 0 Å². The maximum atomic E-state index is 12.5. The van der Waals surface area contributed by atoms with Crippen molar-refractivity contribution in [2.45, 2.75) is 46.0 Å². The molecule has 6 nitrogen and oxygen atoms in total. The number of aromatic nitrogens is 2. The first kappa shape index (κ1) is 18.7. The smallest absolute Gasteiger partial charge is 0.303 e. The Kier molecular flexibility index (Phi) is 6.33. The largest absolute Gasteiger partial charge is 0.481 e. The summed E-state index contributed by atoms with van der Waals surface area (Å²) in [7, 11) is 0. The molecule has 0 radical (unpaired) electrons. The van der Waals surface area contributed by atoms with E-state index in [9.17, 15) is 9.59 Å². The van der Waals surface area contributed by atoms with Gasteiger partial charge in [0.1, 0.15) is 0 Å². The summed E-state index contributed by atoms with van der Waals surface area (Å²) in [5, 5.41) is 15.9. The summed E-state index contributed by atoms with van der Waals surface area (Å²) >= 11 is 0. The second-order valence-electron chi connectivity index (χ2n) is 6.45. The van der Waals surface area contributed by atoms with Crippen molar-refractivity contribution in [3.63, 3.8) is 0 Å². The lowest BCUT2D eigenvalue weighted by molar-refractivity contribution is -0.137. The van der Waals surface area contributed by atoms with E-state index in [1.54, 1.807) is 6.20 Å². The molecule has 6 heteroatoms. The van der Waals surface area contributed by atoms with Gasteiger partial charge in [0.15, 0.2) is 0 Å². The number of carbonyl (C=O) groups is 2. The van der Waals surface area contributed by atoms with E-state index in [0.29, 0.717) is 24.9 Å². The third-order valence-corrected chi connectivity index (χ3v) is 3.98. The molecule has 134 valence electrons. The highest BCUT2D eigenvalue weighted by Crippen LogP contribution is 2.23. The predicted molar refractivity (Wildman–Crippen MR) is 96.2 cm³/mol. The molecule has 25 heavy (non-hydrogen) atoms. The van der Waals surface area contributed by atoms with Crippen molar-refractivity contribution >= 4 is 11.9 Å². The summed E-state index contributed by atoms with van der Waals surface area (Å²) in [6.07, 6.45) is 2.91. The molecular formula is C19H25N3O3. The van der Waals surface area contributed by atoms with Crippen molar-refractivity contribution in [2.75, 3.05) is 6.54 Å². The van der Waals surface area contributed by atoms with E-state index in [4.69, 9.17) is 5.11 Å². The Labute approximate surface area is 147 Å². The quantitative estimate of drug-likeness (QED) is 0.720. The monoisotopic (exact) mass is 343 g/mol. The van der Waals surface area contributed by atoms with E-state index in [2.05, 4.69) is 10.4 Å². The van der Waals surface area contributed by atoms with E-state index in [0.717, 1.165) is 11.4 Å². The highest BCUT2D eigenvalue weighted by Gasteiger charge is 2.20. The lowest BCUT2D eigenvalue weighted by atomic mass is 10.0. The maximum Gasteiger partial charge on any atom is 0.303 e. The molecule has 1 heterocycles. The SMILES string of the molecule is Cc1ccc(-n2ncc(C(=O)NCCCCC(=O)O)c2C(C)C)cc1. The standard InChI is InChI=1S/C19H25N3O3/c1-13(2)18-16(19(25)20-11-5-4-6-17(23)24)12-21-22(18)15-9-7-14(3)8-10-15/h7-10,12-13H,4-6,11H2,1-3H3,(H,20,25)(H,23,24). The Morgan fingerprint density at radius 2 is 1.88 bits per heavy atom. The van der Waals surface area contributed by atoms with Crippen molar-refractivity contribution in [1.29, 1.82) is 0 Å². The molecule has 2 rings (SSSR count). The fourth-order valence-corrected chi connectivity index (χ4v) is 2.68. The highest BCUT2D eigenvalue weighted by atomic mass is 16.4. The second-order valence-corrected chi connectivity index (χ2v) is 6.45. The van der Waals surface area contributed by atoms with E-state index < -0.39 is 5.97 Å². The number of carboxylic acid groups (broad SMARTS) is 1. The number of nitrogens with one attached hydrogen (secondary N) is 1. The van der Waals surface area contributed by atoms with Gasteiger partial charge >= 0.3 is 5.97 Å². The van der Waals surface area contributed by atoms with Crippen LogP contribution in [0.25, 0.3) is 5.69 Å². The van der Waals surface area contributed by atoms with Gasteiger partial charge in [0, 0.05) is 13.0 Å². The van der Waals surface area contributed by atoms with Gasteiger partial charge in [-0.15, -0.1) is 0 Å². The molecule has 0 atom stereocenters. The number of carbonyl (C=O) groups excluding carboxylic acids is 1. The van der Waals surface area contributed by atoms with Crippen molar-refractivity contribution in [3.8, 4) is 5.69 Å². The molecule has 0 unspecified atom stereocenters. The molecule has 0 aliphatic heterocycles. The summed E-state index contributed by atoms with van der Waals surface area (Å²) in [5.41, 5.74) is 3.52. The van der Waals surface area contributed by atoms with Gasteiger partial charge in [0.05, 0.1) is 23.1 Å². The zero-order valence-electron chi connectivity index (χ0n) is 15.0. The summed E-state index contributed by atoms with van der Waals surface area (Å²) in [6, 6.07) is 8.01. The lowest BCUT2D eigenvalue weighted by Gasteiger charge is -2.13. The van der Waals surface area contributed by atoms with Crippen LogP contribution in [0.2, 0.25) is 0 Å². The van der Waals surface area contributed by atoms with Gasteiger partial charge in [-0.3, -0.25) is 9.59 Å². The van der Waals surface area contributed by atoms with Crippen LogP contribution in [0.5, 0.6) is 0 Å². The van der Waals surface area contributed by atoms with E-state index in [1.165, 1.54) is 5.56 Å². The van der Waals surface area contributed by atoms with Crippen molar-refractivity contribution < 1.29 is 14.7 Å². The van der Waals surface area contributed by atoms with Crippen LogP contribution in [0.4, 0.5) is 0 Å². The average molecular weight is 343 g/mol. The Hall–Kier alpha value is -2.63. The van der Waals surface area contributed by atoms with Gasteiger partial charge in [-0.05, 0) is 37.8 Å². The first-order valence-corrected chi connectivity index (χ1v) is 8.55. The molecular weight excluding hydrogens is 318 g/mol. The summed E-state index contributed by atoms with van der Waals surface area (Å²) < 4.78 is 1.81. The van der Waals surface area contributed by atoms with Gasteiger partial charge in [-0.25, -0.2) is 4.68 Å². The number of benzene rings is 1. The molecule has 0 spiro atoms. The Morgan fingerprint density at radius 1 is 1.20 bits per heavy atom. The number of aryl methyl sites for hydroxylation is 1. The number of amides is 1. The van der Waals surface area contributed by atoms with Crippen LogP contribution < -0.4 is 5.32 Å². The van der Waals surface area contributed by atoms with Crippen LogP contribution in [-0.4, -0.2) is 33.3 Å². The predicted octanol–water partition coefficient (Wildman–Crippen LogP) is 3.29. The average Bonchev–Trinajstić information content (AvgIpc) is 3.00. The number of carboxylic acids is 1. The van der Waals surface area contributed by atoms with E-state index in [1.807, 2.05) is 49.7 Å². The minimum Gasteiger partial charge on any atom is -0.481 e. The van der Waals surface area contributed by atoms with Crippen LogP contribution >= 0.6 is 0 Å². The topological polar surface area (TPSA) is 84.2 Å². The third kappa shape index (κ3) is 4.92. The molecule has 0 fully saturated rings. The third-order valence-electron chi connectivity index (χ3n) is 3.98. The maximum absolute atomic E-state index is 12.5. The van der Waals surface area contributed by atoms with Crippen LogP contribution in [0.15, 0.2) is 30.5 Å². The normalized spacial score (nSPS) is 10.9. The first-order chi connectivity index (χ1) is 11.9. The number of hydrogen-bond acceptors (Lipinski definition) is 3. The number of unbranched alkanes of at least 4 members (excludes halogenated alkanes) is 1. The zero-order valence-corrected chi connectivity index (χ0v) is 15.0. The molecule has 1 amide bonds. The number of nitrogens with zero attached hydrogens (tertiary/aromatic N) is 2. The molecule has 0 bridgehead atoms. The Bertz CT molecular complexity index is 733. The van der Waals surface area contributed by atoms with Crippen molar-refractivity contribution in [3.05, 3.63) is 47.3 Å². The molecule has 2 N–H and O–H groups in total. The molecule has 0 saturated carbocycles. The van der Waals surface area contributed by atoms with Gasteiger partial charge in [0.2, 0.25) is 0 Å². The fourth-order valence-electron chi connectivity index (χ4n) is 2.68. The second kappa shape index (κ2) is 8.46. The van der Waals surface area contributed by atoms with Crippen molar-refractivity contribution in [1.82, 2.24) is 15.1 Å². The first-order valence-electron chi connectivity index (χ1n) is 8.55. The van der Waals surface area contributed by atoms with Gasteiger partial charge in [-0.1, -0.05) is 31.5 Å². The number of rotatable bonds is 8.